The summed E-state index contributed by atoms with van der Waals surface area (Å²) in [5, 5.41) is 9.13. The molecule has 0 aliphatic carbocycles. The van der Waals surface area contributed by atoms with Crippen LogP contribution in [0.15, 0.2) is 0 Å². The first-order valence-electron chi connectivity index (χ1n) is 5.95. The molecular weight excluding hydrogens is 204 g/mol. The highest BCUT2D eigenvalue weighted by Crippen LogP contribution is 2.25. The summed E-state index contributed by atoms with van der Waals surface area (Å²) in [6, 6.07) is 0. The molecule has 16 heavy (non-hydrogen) atoms. The molecular formula is C12H18N2O2. The van der Waals surface area contributed by atoms with Crippen LogP contribution in [0.4, 0.5) is 0 Å². The Kier molecular flexibility index (Phi) is 2.99. The molecule has 0 bridgehead atoms. The summed E-state index contributed by atoms with van der Waals surface area (Å²) in [4.78, 5) is 15.4. The van der Waals surface area contributed by atoms with Crippen LogP contribution < -0.4 is 0 Å². The van der Waals surface area contributed by atoms with Crippen LogP contribution in [0.2, 0.25) is 0 Å². The van der Waals surface area contributed by atoms with E-state index < -0.39 is 5.97 Å². The van der Waals surface area contributed by atoms with E-state index in [-0.39, 0.29) is 5.69 Å². The van der Waals surface area contributed by atoms with Gasteiger partial charge in [0, 0.05) is 13.0 Å². The Morgan fingerprint density at radius 3 is 3.00 bits per heavy atom. The van der Waals surface area contributed by atoms with E-state index in [1.54, 1.807) is 0 Å². The van der Waals surface area contributed by atoms with Crippen molar-refractivity contribution in [2.45, 2.75) is 46.1 Å². The zero-order valence-corrected chi connectivity index (χ0v) is 9.86. The van der Waals surface area contributed by atoms with Crippen LogP contribution >= 0.6 is 0 Å². The number of rotatable bonds is 3. The predicted molar refractivity (Wildman–Crippen MR) is 60.7 cm³/mol. The first-order chi connectivity index (χ1) is 7.63. The number of carbonyl (C=O) groups is 1. The number of aromatic nitrogens is 2. The summed E-state index contributed by atoms with van der Waals surface area (Å²) < 4.78 is 2.12. The molecule has 0 saturated carbocycles. The van der Waals surface area contributed by atoms with E-state index in [1.165, 1.54) is 0 Å². The second kappa shape index (κ2) is 4.28. The minimum atomic E-state index is -0.889. The maximum atomic E-state index is 11.1. The lowest BCUT2D eigenvalue weighted by Gasteiger charge is -2.22. The molecule has 0 amide bonds. The molecule has 4 nitrogen and oxygen atoms in total. The highest BCUT2D eigenvalue weighted by Gasteiger charge is 2.25. The number of aromatic carboxylic acids is 1. The Balaban J connectivity index is 2.44. The Morgan fingerprint density at radius 1 is 1.62 bits per heavy atom. The molecule has 0 spiro atoms. The van der Waals surface area contributed by atoms with Crippen molar-refractivity contribution < 1.29 is 9.90 Å². The first kappa shape index (κ1) is 11.2. The number of carboxylic acids is 1. The normalized spacial score (nSPS) is 19.5. The van der Waals surface area contributed by atoms with Gasteiger partial charge in [-0.1, -0.05) is 13.8 Å². The molecule has 1 atom stereocenters. The Labute approximate surface area is 95.3 Å². The Hall–Kier alpha value is -1.32. The maximum Gasteiger partial charge on any atom is 0.356 e. The quantitative estimate of drug-likeness (QED) is 0.852. The van der Waals surface area contributed by atoms with Gasteiger partial charge < -0.3 is 9.67 Å². The Bertz CT molecular complexity index is 409. The van der Waals surface area contributed by atoms with Gasteiger partial charge in [0.15, 0.2) is 5.69 Å². The van der Waals surface area contributed by atoms with Crippen LogP contribution in [-0.2, 0) is 19.4 Å². The van der Waals surface area contributed by atoms with Gasteiger partial charge >= 0.3 is 5.97 Å². The van der Waals surface area contributed by atoms with E-state index in [0.717, 1.165) is 43.7 Å². The molecule has 1 aliphatic heterocycles. The zero-order valence-electron chi connectivity index (χ0n) is 9.86. The van der Waals surface area contributed by atoms with E-state index in [1.807, 2.05) is 0 Å². The SMILES string of the molecule is CCCc1nc(C(=O)O)c2n1CCC(C)C2. The second-order valence-corrected chi connectivity index (χ2v) is 4.63. The molecule has 1 unspecified atom stereocenters. The minimum Gasteiger partial charge on any atom is -0.476 e. The summed E-state index contributed by atoms with van der Waals surface area (Å²) in [5.74, 6) is 0.624. The number of aryl methyl sites for hydroxylation is 1. The van der Waals surface area contributed by atoms with Crippen LogP contribution in [0.5, 0.6) is 0 Å². The van der Waals surface area contributed by atoms with Crippen LogP contribution in [0.3, 0.4) is 0 Å². The highest BCUT2D eigenvalue weighted by molar-refractivity contribution is 5.87. The highest BCUT2D eigenvalue weighted by atomic mass is 16.4. The molecule has 1 aromatic heterocycles. The monoisotopic (exact) mass is 222 g/mol. The molecule has 0 saturated heterocycles. The summed E-state index contributed by atoms with van der Waals surface area (Å²) in [5.41, 5.74) is 1.20. The van der Waals surface area contributed by atoms with E-state index in [2.05, 4.69) is 23.4 Å². The lowest BCUT2D eigenvalue weighted by Crippen LogP contribution is -2.20. The number of hydrogen-bond acceptors (Lipinski definition) is 2. The minimum absolute atomic E-state index is 0.273. The number of imidazole rings is 1. The number of fused-ring (bicyclic) bond motifs is 1. The van der Waals surface area contributed by atoms with Crippen LogP contribution in [0.25, 0.3) is 0 Å². The van der Waals surface area contributed by atoms with Gasteiger partial charge in [-0.3, -0.25) is 0 Å². The third-order valence-corrected chi connectivity index (χ3v) is 3.22. The van der Waals surface area contributed by atoms with Gasteiger partial charge in [0.25, 0.3) is 0 Å². The lowest BCUT2D eigenvalue weighted by atomic mass is 9.97. The summed E-state index contributed by atoms with van der Waals surface area (Å²) in [6.45, 7) is 5.18. The average molecular weight is 222 g/mol. The predicted octanol–water partition coefficient (Wildman–Crippen LogP) is 2.12. The fourth-order valence-electron chi connectivity index (χ4n) is 2.38. The largest absolute Gasteiger partial charge is 0.476 e. The number of hydrogen-bond donors (Lipinski definition) is 1. The molecule has 2 heterocycles. The molecule has 1 N–H and O–H groups in total. The van der Waals surface area contributed by atoms with Crippen molar-refractivity contribution in [2.24, 2.45) is 5.92 Å². The lowest BCUT2D eigenvalue weighted by molar-refractivity contribution is 0.0689. The zero-order chi connectivity index (χ0) is 11.7. The number of carboxylic acid groups (broad SMARTS) is 1. The molecule has 0 radical (unpaired) electrons. The third kappa shape index (κ3) is 1.84. The summed E-state index contributed by atoms with van der Waals surface area (Å²) in [6.07, 6.45) is 3.84. The Morgan fingerprint density at radius 2 is 2.38 bits per heavy atom. The van der Waals surface area contributed by atoms with Gasteiger partial charge in [-0.15, -0.1) is 0 Å². The maximum absolute atomic E-state index is 11.1. The average Bonchev–Trinajstić information content (AvgIpc) is 2.57. The standard InChI is InChI=1S/C12H18N2O2/c1-3-4-10-13-11(12(15)16)9-7-8(2)5-6-14(9)10/h8H,3-7H2,1-2H3,(H,15,16). The molecule has 0 fully saturated rings. The van der Waals surface area contributed by atoms with Crippen LogP contribution in [0, 0.1) is 5.92 Å². The molecule has 2 rings (SSSR count). The van der Waals surface area contributed by atoms with E-state index in [9.17, 15) is 4.79 Å². The van der Waals surface area contributed by atoms with E-state index in [4.69, 9.17) is 5.11 Å². The fourth-order valence-corrected chi connectivity index (χ4v) is 2.38. The third-order valence-electron chi connectivity index (χ3n) is 3.22. The second-order valence-electron chi connectivity index (χ2n) is 4.63. The van der Waals surface area contributed by atoms with Gasteiger partial charge in [0.05, 0.1) is 5.69 Å². The summed E-state index contributed by atoms with van der Waals surface area (Å²) >= 11 is 0. The number of nitrogens with zero attached hydrogens (tertiary/aromatic N) is 2. The van der Waals surface area contributed by atoms with Crippen molar-refractivity contribution in [3.63, 3.8) is 0 Å². The van der Waals surface area contributed by atoms with Crippen molar-refractivity contribution in [3.8, 4) is 0 Å². The van der Waals surface area contributed by atoms with Crippen molar-refractivity contribution in [1.82, 2.24) is 9.55 Å². The van der Waals surface area contributed by atoms with Crippen molar-refractivity contribution in [2.75, 3.05) is 0 Å². The molecule has 1 aliphatic rings. The van der Waals surface area contributed by atoms with Gasteiger partial charge in [-0.05, 0) is 25.2 Å². The van der Waals surface area contributed by atoms with Crippen LogP contribution in [-0.4, -0.2) is 20.6 Å². The van der Waals surface area contributed by atoms with Gasteiger partial charge in [0.2, 0.25) is 0 Å². The van der Waals surface area contributed by atoms with Crippen LogP contribution in [0.1, 0.15) is 48.7 Å². The molecule has 88 valence electrons. The van der Waals surface area contributed by atoms with E-state index in [0.29, 0.717) is 5.92 Å². The molecule has 1 aromatic rings. The van der Waals surface area contributed by atoms with Gasteiger partial charge in [-0.2, -0.15) is 0 Å². The van der Waals surface area contributed by atoms with Gasteiger partial charge in [0.1, 0.15) is 5.82 Å². The smallest absolute Gasteiger partial charge is 0.356 e. The fraction of sp³-hybridized carbons (Fsp3) is 0.667. The summed E-state index contributed by atoms with van der Waals surface area (Å²) in [7, 11) is 0. The topological polar surface area (TPSA) is 55.1 Å². The van der Waals surface area contributed by atoms with Gasteiger partial charge in [-0.25, -0.2) is 9.78 Å². The first-order valence-corrected chi connectivity index (χ1v) is 5.95. The molecule has 4 heteroatoms. The van der Waals surface area contributed by atoms with Crippen molar-refractivity contribution in [3.05, 3.63) is 17.2 Å². The van der Waals surface area contributed by atoms with Crippen molar-refractivity contribution in [1.29, 1.82) is 0 Å². The van der Waals surface area contributed by atoms with Crippen molar-refractivity contribution >= 4 is 5.97 Å². The van der Waals surface area contributed by atoms with E-state index >= 15 is 0 Å². The molecule has 0 aromatic carbocycles.